The van der Waals surface area contributed by atoms with Gasteiger partial charge in [-0.05, 0) is 25.5 Å². The predicted octanol–water partition coefficient (Wildman–Crippen LogP) is 1.70. The Morgan fingerprint density at radius 3 is 2.89 bits per heavy atom. The molecular weight excluding hydrogens is 254 g/mol. The highest BCUT2D eigenvalue weighted by Crippen LogP contribution is 2.20. The lowest BCUT2D eigenvalue weighted by Gasteiger charge is -2.19. The van der Waals surface area contributed by atoms with E-state index in [2.05, 4.69) is 5.32 Å². The predicted molar refractivity (Wildman–Crippen MR) is 66.6 cm³/mol. The Kier molecular flexibility index (Phi) is 3.99. The van der Waals surface area contributed by atoms with Crippen LogP contribution in [0, 0.1) is 17.6 Å². The fourth-order valence-corrected chi connectivity index (χ4v) is 2.12. The minimum Gasteiger partial charge on any atom is -0.396 e. The molecule has 6 heteroatoms. The molecule has 4 nitrogen and oxygen atoms in total. The lowest BCUT2D eigenvalue weighted by molar-refractivity contribution is 0.0914. The summed E-state index contributed by atoms with van der Waals surface area (Å²) in [7, 11) is 0. The summed E-state index contributed by atoms with van der Waals surface area (Å²) in [6, 6.07) is 1.86. The van der Waals surface area contributed by atoms with Crippen molar-refractivity contribution in [2.24, 2.45) is 5.92 Å². The smallest absolute Gasteiger partial charge is 0.257 e. The van der Waals surface area contributed by atoms with Gasteiger partial charge >= 0.3 is 0 Å². The number of hydrogen-bond donors (Lipinski definition) is 2. The lowest BCUT2D eigenvalue weighted by Crippen LogP contribution is -2.39. The molecule has 104 valence electrons. The topological polar surface area (TPSA) is 64.4 Å². The third kappa shape index (κ3) is 2.84. The van der Waals surface area contributed by atoms with Crippen molar-refractivity contribution < 1.29 is 18.3 Å². The van der Waals surface area contributed by atoms with E-state index in [1.807, 2.05) is 0 Å². The summed E-state index contributed by atoms with van der Waals surface area (Å²) in [6.07, 6.45) is 0.823. The van der Waals surface area contributed by atoms with Crippen molar-refractivity contribution >= 4 is 11.6 Å². The first-order valence-corrected chi connectivity index (χ1v) is 6.12. The molecule has 2 rings (SSSR count). The fourth-order valence-electron chi connectivity index (χ4n) is 2.12. The molecule has 2 unspecified atom stereocenters. The van der Waals surface area contributed by atoms with Gasteiger partial charge in [0.05, 0.1) is 12.3 Å². The molecule has 1 aromatic rings. The van der Waals surface area contributed by atoms with Crippen LogP contribution >= 0.6 is 0 Å². The number of halogens is 2. The van der Waals surface area contributed by atoms with Crippen LogP contribution in [-0.2, 0) is 4.74 Å². The Morgan fingerprint density at radius 2 is 2.26 bits per heavy atom. The third-order valence-electron chi connectivity index (χ3n) is 3.38. The van der Waals surface area contributed by atoms with Crippen molar-refractivity contribution in [2.45, 2.75) is 19.4 Å². The Labute approximate surface area is 109 Å². The minimum absolute atomic E-state index is 0.163. The molecule has 1 amide bonds. The molecule has 0 aliphatic carbocycles. The highest BCUT2D eigenvalue weighted by atomic mass is 19.1. The largest absolute Gasteiger partial charge is 0.396 e. The monoisotopic (exact) mass is 270 g/mol. The van der Waals surface area contributed by atoms with Crippen LogP contribution in [0.3, 0.4) is 0 Å². The second kappa shape index (κ2) is 5.52. The molecule has 0 bridgehead atoms. The van der Waals surface area contributed by atoms with Crippen LogP contribution in [0.5, 0.6) is 0 Å². The van der Waals surface area contributed by atoms with Gasteiger partial charge in [-0.1, -0.05) is 0 Å². The number of carbonyl (C=O) groups is 1. The highest BCUT2D eigenvalue weighted by molar-refractivity contribution is 5.95. The maximum atomic E-state index is 13.7. The molecule has 0 saturated carbocycles. The highest BCUT2D eigenvalue weighted by Gasteiger charge is 2.26. The summed E-state index contributed by atoms with van der Waals surface area (Å²) in [5.74, 6) is -2.57. The van der Waals surface area contributed by atoms with Gasteiger partial charge in [-0.2, -0.15) is 0 Å². The minimum atomic E-state index is -1.02. The first-order chi connectivity index (χ1) is 9.00. The van der Waals surface area contributed by atoms with E-state index in [9.17, 15) is 13.6 Å². The average molecular weight is 270 g/mol. The Balaban J connectivity index is 2.13. The van der Waals surface area contributed by atoms with Crippen LogP contribution in [0.2, 0.25) is 0 Å². The van der Waals surface area contributed by atoms with E-state index in [1.165, 1.54) is 0 Å². The van der Waals surface area contributed by atoms with Crippen LogP contribution in [0.4, 0.5) is 14.5 Å². The number of anilines is 1. The van der Waals surface area contributed by atoms with Gasteiger partial charge in [0.25, 0.3) is 5.91 Å². The zero-order chi connectivity index (χ0) is 14.0. The fraction of sp³-hybridized carbons (Fsp3) is 0.462. The Bertz CT molecular complexity index is 488. The molecule has 1 aliphatic heterocycles. The van der Waals surface area contributed by atoms with Gasteiger partial charge in [0.15, 0.2) is 5.82 Å². The lowest BCUT2D eigenvalue weighted by atomic mass is 10.00. The Morgan fingerprint density at radius 1 is 1.53 bits per heavy atom. The molecule has 1 saturated heterocycles. The van der Waals surface area contributed by atoms with Crippen molar-refractivity contribution in [1.29, 1.82) is 0 Å². The number of nitrogens with two attached hydrogens (primary N) is 1. The van der Waals surface area contributed by atoms with Gasteiger partial charge < -0.3 is 15.8 Å². The standard InChI is InChI=1S/C13H16F2N2O2/c1-7(8-4-5-19-6-8)17-13(18)11-9(14)2-3-10(16)12(11)15/h2-3,7-8H,4-6,16H2,1H3,(H,17,18). The van der Waals surface area contributed by atoms with Crippen LogP contribution in [-0.4, -0.2) is 25.2 Å². The first kappa shape index (κ1) is 13.7. The second-order valence-corrected chi connectivity index (χ2v) is 4.71. The van der Waals surface area contributed by atoms with Gasteiger partial charge in [-0.25, -0.2) is 8.78 Å². The number of rotatable bonds is 3. The van der Waals surface area contributed by atoms with Crippen molar-refractivity contribution in [3.05, 3.63) is 29.3 Å². The van der Waals surface area contributed by atoms with E-state index in [0.29, 0.717) is 13.2 Å². The molecule has 0 aromatic heterocycles. The number of amides is 1. The van der Waals surface area contributed by atoms with Crippen molar-refractivity contribution in [1.82, 2.24) is 5.32 Å². The normalized spacial score (nSPS) is 20.3. The number of carbonyl (C=O) groups excluding carboxylic acids is 1. The molecule has 3 N–H and O–H groups in total. The molecule has 0 spiro atoms. The van der Waals surface area contributed by atoms with Crippen molar-refractivity contribution in [3.8, 4) is 0 Å². The average Bonchev–Trinajstić information content (AvgIpc) is 2.88. The van der Waals surface area contributed by atoms with Crippen molar-refractivity contribution in [3.63, 3.8) is 0 Å². The quantitative estimate of drug-likeness (QED) is 0.822. The molecule has 19 heavy (non-hydrogen) atoms. The van der Waals surface area contributed by atoms with Crippen molar-refractivity contribution in [2.75, 3.05) is 18.9 Å². The maximum Gasteiger partial charge on any atom is 0.257 e. The molecule has 1 fully saturated rings. The van der Waals surface area contributed by atoms with E-state index in [1.54, 1.807) is 6.92 Å². The van der Waals surface area contributed by atoms with E-state index in [0.717, 1.165) is 18.6 Å². The molecule has 1 heterocycles. The second-order valence-electron chi connectivity index (χ2n) is 4.71. The van der Waals surface area contributed by atoms with Gasteiger partial charge in [0.2, 0.25) is 0 Å². The summed E-state index contributed by atoms with van der Waals surface area (Å²) in [6.45, 7) is 2.98. The molecule has 1 aliphatic rings. The number of benzene rings is 1. The van der Waals surface area contributed by atoms with Gasteiger partial charge in [-0.15, -0.1) is 0 Å². The van der Waals surface area contributed by atoms with Crippen LogP contribution < -0.4 is 11.1 Å². The summed E-state index contributed by atoms with van der Waals surface area (Å²) >= 11 is 0. The van der Waals surface area contributed by atoms with Gasteiger partial charge in [0.1, 0.15) is 11.4 Å². The van der Waals surface area contributed by atoms with E-state index >= 15 is 0 Å². The summed E-state index contributed by atoms with van der Waals surface area (Å²) in [5, 5.41) is 2.59. The first-order valence-electron chi connectivity index (χ1n) is 6.12. The van der Waals surface area contributed by atoms with E-state index < -0.39 is 23.1 Å². The SMILES string of the molecule is CC(NC(=O)c1c(F)ccc(N)c1F)C1CCOC1. The van der Waals surface area contributed by atoms with E-state index in [-0.39, 0.29) is 17.6 Å². The number of nitrogen functional groups attached to an aromatic ring is 1. The maximum absolute atomic E-state index is 13.7. The number of ether oxygens (including phenoxy) is 1. The van der Waals surface area contributed by atoms with Gasteiger partial charge in [0, 0.05) is 18.6 Å². The van der Waals surface area contributed by atoms with Crippen LogP contribution in [0.15, 0.2) is 12.1 Å². The molecule has 2 atom stereocenters. The number of nitrogens with one attached hydrogen (secondary N) is 1. The molecular formula is C13H16F2N2O2. The molecule has 1 aromatic carbocycles. The third-order valence-corrected chi connectivity index (χ3v) is 3.38. The van der Waals surface area contributed by atoms with Crippen LogP contribution in [0.1, 0.15) is 23.7 Å². The Hall–Kier alpha value is -1.69. The molecule has 0 radical (unpaired) electrons. The van der Waals surface area contributed by atoms with Crippen LogP contribution in [0.25, 0.3) is 0 Å². The zero-order valence-electron chi connectivity index (χ0n) is 10.6. The van der Waals surface area contributed by atoms with E-state index in [4.69, 9.17) is 10.5 Å². The summed E-state index contributed by atoms with van der Waals surface area (Å²) < 4.78 is 32.4. The summed E-state index contributed by atoms with van der Waals surface area (Å²) in [5.41, 5.74) is 4.46. The zero-order valence-corrected chi connectivity index (χ0v) is 10.6. The summed E-state index contributed by atoms with van der Waals surface area (Å²) in [4.78, 5) is 11.9. The van der Waals surface area contributed by atoms with Gasteiger partial charge in [-0.3, -0.25) is 4.79 Å². The number of hydrogen-bond acceptors (Lipinski definition) is 3.